The van der Waals surface area contributed by atoms with E-state index in [1.54, 1.807) is 0 Å². The number of hydrogen-bond donors (Lipinski definition) is 0. The molecule has 1 aliphatic rings. The van der Waals surface area contributed by atoms with Gasteiger partial charge < -0.3 is 9.47 Å². The number of rotatable bonds is 1. The lowest BCUT2D eigenvalue weighted by molar-refractivity contribution is -0.157. The van der Waals surface area contributed by atoms with Crippen molar-refractivity contribution in [2.75, 3.05) is 0 Å². The normalized spacial score (nSPS) is 34.1. The lowest BCUT2D eigenvalue weighted by Gasteiger charge is -2.22. The molecule has 0 amide bonds. The second kappa shape index (κ2) is 2.46. The second-order valence-electron chi connectivity index (χ2n) is 4.12. The molecule has 0 bridgehead atoms. The molecule has 1 heterocycles. The fourth-order valence-electron chi connectivity index (χ4n) is 1.78. The minimum Gasteiger partial charge on any atom is -0.344 e. The summed E-state index contributed by atoms with van der Waals surface area (Å²) in [4.78, 5) is 0. The summed E-state index contributed by atoms with van der Waals surface area (Å²) < 4.78 is 11.4. The summed E-state index contributed by atoms with van der Waals surface area (Å²) in [6, 6.07) is 0. The van der Waals surface area contributed by atoms with Gasteiger partial charge in [-0.2, -0.15) is 0 Å². The van der Waals surface area contributed by atoms with E-state index in [9.17, 15) is 0 Å². The molecule has 0 radical (unpaired) electrons. The van der Waals surface area contributed by atoms with Gasteiger partial charge in [0, 0.05) is 0 Å². The van der Waals surface area contributed by atoms with Crippen molar-refractivity contribution >= 4 is 0 Å². The Morgan fingerprint density at radius 1 is 1.18 bits per heavy atom. The second-order valence-corrected chi connectivity index (χ2v) is 4.12. The first kappa shape index (κ1) is 9.01. The summed E-state index contributed by atoms with van der Waals surface area (Å²) in [6.07, 6.45) is 1.24. The fraction of sp³-hybridized carbons (Fsp3) is 1.00. The highest BCUT2D eigenvalue weighted by molar-refractivity contribution is 4.88. The van der Waals surface area contributed by atoms with Gasteiger partial charge in [0.1, 0.15) is 0 Å². The van der Waals surface area contributed by atoms with Crippen LogP contribution in [0.1, 0.15) is 41.0 Å². The van der Waals surface area contributed by atoms with Crippen LogP contribution in [0.15, 0.2) is 0 Å². The van der Waals surface area contributed by atoms with Crippen LogP contribution in [0.2, 0.25) is 0 Å². The summed E-state index contributed by atoms with van der Waals surface area (Å²) in [5.74, 6) is -0.399. The van der Waals surface area contributed by atoms with Gasteiger partial charge >= 0.3 is 0 Å². The summed E-state index contributed by atoms with van der Waals surface area (Å²) in [5.41, 5.74) is -0.127. The van der Waals surface area contributed by atoms with E-state index < -0.39 is 5.79 Å². The van der Waals surface area contributed by atoms with Crippen molar-refractivity contribution in [1.29, 1.82) is 0 Å². The average molecular weight is 158 g/mol. The fourth-order valence-corrected chi connectivity index (χ4v) is 1.78. The highest BCUT2D eigenvalue weighted by atomic mass is 16.8. The zero-order valence-corrected chi connectivity index (χ0v) is 8.10. The average Bonchev–Trinajstić information content (AvgIpc) is 1.99. The zero-order valence-electron chi connectivity index (χ0n) is 8.10. The van der Waals surface area contributed by atoms with Crippen molar-refractivity contribution in [2.24, 2.45) is 0 Å². The zero-order chi connectivity index (χ0) is 8.70. The van der Waals surface area contributed by atoms with E-state index in [2.05, 4.69) is 20.8 Å². The SMILES string of the molecule is CCC1OC(C)(C)OC1(C)C. The van der Waals surface area contributed by atoms with Gasteiger partial charge in [0.25, 0.3) is 0 Å². The van der Waals surface area contributed by atoms with E-state index >= 15 is 0 Å². The first-order valence-electron chi connectivity index (χ1n) is 4.25. The van der Waals surface area contributed by atoms with Gasteiger partial charge in [0.2, 0.25) is 0 Å². The van der Waals surface area contributed by atoms with Crippen LogP contribution in [0.4, 0.5) is 0 Å². The summed E-state index contributed by atoms with van der Waals surface area (Å²) in [7, 11) is 0. The van der Waals surface area contributed by atoms with Crippen LogP contribution in [0.25, 0.3) is 0 Å². The summed E-state index contributed by atoms with van der Waals surface area (Å²) >= 11 is 0. The van der Waals surface area contributed by atoms with Crippen LogP contribution >= 0.6 is 0 Å². The third-order valence-electron chi connectivity index (χ3n) is 2.08. The van der Waals surface area contributed by atoms with E-state index in [0.717, 1.165) is 6.42 Å². The topological polar surface area (TPSA) is 18.5 Å². The molecule has 1 saturated heterocycles. The Morgan fingerprint density at radius 3 is 1.91 bits per heavy atom. The minimum atomic E-state index is -0.399. The third-order valence-corrected chi connectivity index (χ3v) is 2.08. The highest BCUT2D eigenvalue weighted by Gasteiger charge is 2.45. The van der Waals surface area contributed by atoms with E-state index in [1.807, 2.05) is 13.8 Å². The Bertz CT molecular complexity index is 150. The maximum absolute atomic E-state index is 5.72. The molecule has 1 atom stereocenters. The van der Waals surface area contributed by atoms with Crippen LogP contribution in [0.3, 0.4) is 0 Å². The van der Waals surface area contributed by atoms with Gasteiger partial charge in [-0.3, -0.25) is 0 Å². The van der Waals surface area contributed by atoms with E-state index in [1.165, 1.54) is 0 Å². The van der Waals surface area contributed by atoms with Gasteiger partial charge in [-0.1, -0.05) is 6.92 Å². The molecule has 1 fully saturated rings. The van der Waals surface area contributed by atoms with Crippen LogP contribution in [0.5, 0.6) is 0 Å². The first-order chi connectivity index (χ1) is 4.87. The van der Waals surface area contributed by atoms with Crippen molar-refractivity contribution in [1.82, 2.24) is 0 Å². The van der Waals surface area contributed by atoms with Crippen LogP contribution < -0.4 is 0 Å². The Labute approximate surface area is 68.9 Å². The molecule has 1 rings (SSSR count). The van der Waals surface area contributed by atoms with E-state index in [0.29, 0.717) is 0 Å². The molecule has 0 aliphatic carbocycles. The molecule has 0 spiro atoms. The standard InChI is InChI=1S/C9H18O2/c1-6-7-8(2,3)11-9(4,5)10-7/h7H,6H2,1-5H3. The maximum atomic E-state index is 5.72. The Balaban J connectivity index is 2.71. The van der Waals surface area contributed by atoms with Gasteiger partial charge in [0.15, 0.2) is 5.79 Å². The Hall–Kier alpha value is -0.0800. The molecular weight excluding hydrogens is 140 g/mol. The molecule has 0 saturated carbocycles. The van der Waals surface area contributed by atoms with Gasteiger partial charge in [-0.05, 0) is 34.1 Å². The van der Waals surface area contributed by atoms with Crippen LogP contribution in [-0.2, 0) is 9.47 Å². The highest BCUT2D eigenvalue weighted by Crippen LogP contribution is 2.37. The van der Waals surface area contributed by atoms with Gasteiger partial charge in [-0.15, -0.1) is 0 Å². The molecule has 66 valence electrons. The molecule has 2 heteroatoms. The molecule has 0 aromatic rings. The van der Waals surface area contributed by atoms with Crippen molar-refractivity contribution in [2.45, 2.75) is 58.5 Å². The van der Waals surface area contributed by atoms with Crippen molar-refractivity contribution in [3.63, 3.8) is 0 Å². The molecule has 2 nitrogen and oxygen atoms in total. The predicted octanol–water partition coefficient (Wildman–Crippen LogP) is 2.33. The number of ether oxygens (including phenoxy) is 2. The van der Waals surface area contributed by atoms with Crippen molar-refractivity contribution in [3.8, 4) is 0 Å². The lowest BCUT2D eigenvalue weighted by atomic mass is 10.0. The Kier molecular flexibility index (Phi) is 2.01. The minimum absolute atomic E-state index is 0.127. The van der Waals surface area contributed by atoms with E-state index in [4.69, 9.17) is 9.47 Å². The summed E-state index contributed by atoms with van der Waals surface area (Å²) in [5, 5.41) is 0. The molecule has 1 aliphatic heterocycles. The smallest absolute Gasteiger partial charge is 0.164 e. The van der Waals surface area contributed by atoms with E-state index in [-0.39, 0.29) is 11.7 Å². The van der Waals surface area contributed by atoms with Crippen LogP contribution in [0, 0.1) is 0 Å². The molecular formula is C9H18O2. The van der Waals surface area contributed by atoms with Crippen molar-refractivity contribution in [3.05, 3.63) is 0 Å². The number of hydrogen-bond acceptors (Lipinski definition) is 2. The summed E-state index contributed by atoms with van der Waals surface area (Å²) in [6.45, 7) is 10.2. The first-order valence-corrected chi connectivity index (χ1v) is 4.25. The largest absolute Gasteiger partial charge is 0.344 e. The molecule has 0 N–H and O–H groups in total. The third kappa shape index (κ3) is 1.74. The molecule has 0 aromatic heterocycles. The monoisotopic (exact) mass is 158 g/mol. The predicted molar refractivity (Wildman–Crippen MR) is 44.4 cm³/mol. The molecule has 1 unspecified atom stereocenters. The van der Waals surface area contributed by atoms with Crippen LogP contribution in [-0.4, -0.2) is 17.5 Å². The van der Waals surface area contributed by atoms with Gasteiger partial charge in [0.05, 0.1) is 11.7 Å². The van der Waals surface area contributed by atoms with Crippen molar-refractivity contribution < 1.29 is 9.47 Å². The Morgan fingerprint density at radius 2 is 1.73 bits per heavy atom. The maximum Gasteiger partial charge on any atom is 0.164 e. The molecule has 0 aromatic carbocycles. The van der Waals surface area contributed by atoms with Gasteiger partial charge in [-0.25, -0.2) is 0 Å². The molecule has 11 heavy (non-hydrogen) atoms. The lowest BCUT2D eigenvalue weighted by Crippen LogP contribution is -2.32. The quantitative estimate of drug-likeness (QED) is 0.583.